The summed E-state index contributed by atoms with van der Waals surface area (Å²) in [5, 5.41) is 22.8. The van der Waals surface area contributed by atoms with Gasteiger partial charge in [0.25, 0.3) is 0 Å². The van der Waals surface area contributed by atoms with Crippen LogP contribution in [0, 0.1) is 11.3 Å². The number of aryl methyl sites for hydroxylation is 1. The number of fused-ring (bicyclic) bond motifs is 1. The molecule has 33 heavy (non-hydrogen) atoms. The summed E-state index contributed by atoms with van der Waals surface area (Å²) >= 11 is 9.01. The fourth-order valence-corrected chi connectivity index (χ4v) is 5.99. The summed E-state index contributed by atoms with van der Waals surface area (Å²) in [6.07, 6.45) is 4.94. The maximum Gasteiger partial charge on any atom is 0.235 e. The van der Waals surface area contributed by atoms with Crippen LogP contribution in [0.25, 0.3) is 0 Å². The van der Waals surface area contributed by atoms with Crippen molar-refractivity contribution in [1.82, 2.24) is 14.8 Å². The fraction of sp³-hybridized carbons (Fsp3) is 0.391. The lowest BCUT2D eigenvalue weighted by atomic mass is 10.1. The molecule has 1 atom stereocenters. The van der Waals surface area contributed by atoms with E-state index < -0.39 is 0 Å². The molecular formula is C23H24ClN5O2S2. The number of halogens is 1. The molecule has 10 heteroatoms. The largest absolute Gasteiger partial charge is 0.481 e. The minimum atomic E-state index is -0.370. The molecule has 0 bridgehead atoms. The van der Waals surface area contributed by atoms with Crippen molar-refractivity contribution in [1.29, 1.82) is 5.26 Å². The predicted octanol–water partition coefficient (Wildman–Crippen LogP) is 5.54. The highest BCUT2D eigenvalue weighted by molar-refractivity contribution is 7.99. The van der Waals surface area contributed by atoms with Crippen LogP contribution in [0.1, 0.15) is 54.1 Å². The van der Waals surface area contributed by atoms with E-state index in [4.69, 9.17) is 16.3 Å². The molecular weight excluding hydrogens is 478 g/mol. The molecule has 2 heterocycles. The van der Waals surface area contributed by atoms with Gasteiger partial charge in [0.15, 0.2) is 17.1 Å². The van der Waals surface area contributed by atoms with E-state index in [1.54, 1.807) is 12.1 Å². The number of nitriles is 1. The third-order valence-electron chi connectivity index (χ3n) is 5.49. The number of benzene rings is 1. The van der Waals surface area contributed by atoms with Crippen molar-refractivity contribution in [2.45, 2.75) is 50.3 Å². The summed E-state index contributed by atoms with van der Waals surface area (Å²) < 4.78 is 7.74. The van der Waals surface area contributed by atoms with Crippen LogP contribution in [0.15, 0.2) is 29.4 Å². The minimum Gasteiger partial charge on any atom is -0.481 e. The van der Waals surface area contributed by atoms with E-state index in [0.29, 0.717) is 32.3 Å². The van der Waals surface area contributed by atoms with E-state index >= 15 is 0 Å². The number of nitrogens with zero attached hydrogens (tertiary/aromatic N) is 4. The molecule has 7 nitrogen and oxygen atoms in total. The van der Waals surface area contributed by atoms with Crippen LogP contribution >= 0.6 is 34.7 Å². The van der Waals surface area contributed by atoms with Gasteiger partial charge in [-0.1, -0.05) is 41.9 Å². The molecule has 1 aliphatic rings. The molecule has 0 aliphatic heterocycles. The SMILES string of the molecule is CC(Oc1ccccc1Cl)c1nnc(SCC(=O)Nc2sc3c(c2C#N)CCCCC3)n1C. The molecule has 0 fully saturated rings. The lowest BCUT2D eigenvalue weighted by Crippen LogP contribution is -2.15. The number of hydrogen-bond acceptors (Lipinski definition) is 7. The first-order valence-corrected chi connectivity index (χ1v) is 12.9. The van der Waals surface area contributed by atoms with Gasteiger partial charge in [0.05, 0.1) is 16.3 Å². The number of nitrogens with one attached hydrogen (secondary N) is 1. The van der Waals surface area contributed by atoms with Gasteiger partial charge in [0, 0.05) is 11.9 Å². The molecule has 4 rings (SSSR count). The molecule has 1 amide bonds. The molecule has 0 spiro atoms. The monoisotopic (exact) mass is 501 g/mol. The number of para-hydroxylation sites is 1. The van der Waals surface area contributed by atoms with Crippen LogP contribution < -0.4 is 10.1 Å². The van der Waals surface area contributed by atoms with Gasteiger partial charge >= 0.3 is 0 Å². The van der Waals surface area contributed by atoms with Crippen molar-refractivity contribution in [3.05, 3.63) is 51.1 Å². The molecule has 1 aliphatic carbocycles. The third-order valence-corrected chi connectivity index (χ3v) is 8.03. The Labute approximate surface area is 206 Å². The topological polar surface area (TPSA) is 92.8 Å². The summed E-state index contributed by atoms with van der Waals surface area (Å²) in [4.78, 5) is 13.9. The number of rotatable bonds is 7. The Bertz CT molecular complexity index is 1200. The molecule has 0 saturated heterocycles. The summed E-state index contributed by atoms with van der Waals surface area (Å²) in [5.74, 6) is 1.20. The van der Waals surface area contributed by atoms with Crippen LogP contribution in [-0.4, -0.2) is 26.4 Å². The number of anilines is 1. The van der Waals surface area contributed by atoms with Gasteiger partial charge in [-0.3, -0.25) is 4.79 Å². The van der Waals surface area contributed by atoms with E-state index in [9.17, 15) is 10.1 Å². The highest BCUT2D eigenvalue weighted by Crippen LogP contribution is 2.37. The molecule has 3 aromatic rings. The summed E-state index contributed by atoms with van der Waals surface area (Å²) in [6, 6.07) is 9.56. The number of hydrogen-bond donors (Lipinski definition) is 1. The van der Waals surface area contributed by atoms with E-state index in [1.165, 1.54) is 34.4 Å². The zero-order valence-corrected chi connectivity index (χ0v) is 20.8. The maximum absolute atomic E-state index is 12.6. The van der Waals surface area contributed by atoms with Crippen LogP contribution in [-0.2, 0) is 24.7 Å². The first-order chi connectivity index (χ1) is 16.0. The lowest BCUT2D eigenvalue weighted by molar-refractivity contribution is -0.113. The Morgan fingerprint density at radius 1 is 1.33 bits per heavy atom. The normalized spacial score (nSPS) is 14.1. The number of thiophene rings is 1. The second-order valence-corrected chi connectivity index (χ2v) is 10.3. The second kappa shape index (κ2) is 10.6. The van der Waals surface area contributed by atoms with Crippen LogP contribution in [0.2, 0.25) is 5.02 Å². The summed E-state index contributed by atoms with van der Waals surface area (Å²) in [7, 11) is 1.84. The Kier molecular flexibility index (Phi) is 7.58. The average molecular weight is 502 g/mol. The van der Waals surface area contributed by atoms with Gasteiger partial charge in [-0.05, 0) is 50.3 Å². The van der Waals surface area contributed by atoms with Crippen molar-refractivity contribution >= 4 is 45.6 Å². The van der Waals surface area contributed by atoms with E-state index in [-0.39, 0.29) is 17.8 Å². The van der Waals surface area contributed by atoms with Crippen LogP contribution in [0.4, 0.5) is 5.00 Å². The highest BCUT2D eigenvalue weighted by atomic mass is 35.5. The Morgan fingerprint density at radius 2 is 2.12 bits per heavy atom. The molecule has 2 aromatic heterocycles. The van der Waals surface area contributed by atoms with E-state index in [1.807, 2.05) is 30.7 Å². The first kappa shape index (κ1) is 23.6. The highest BCUT2D eigenvalue weighted by Gasteiger charge is 2.22. The molecule has 1 N–H and O–H groups in total. The van der Waals surface area contributed by atoms with Crippen LogP contribution in [0.5, 0.6) is 5.75 Å². The Balaban J connectivity index is 1.38. The minimum absolute atomic E-state index is 0.166. The third kappa shape index (κ3) is 5.35. The smallest absolute Gasteiger partial charge is 0.235 e. The molecule has 0 saturated carbocycles. The van der Waals surface area contributed by atoms with Gasteiger partial charge in [-0.2, -0.15) is 5.26 Å². The van der Waals surface area contributed by atoms with Gasteiger partial charge in [0.1, 0.15) is 16.8 Å². The number of carbonyl (C=O) groups excluding carboxylic acids is 1. The van der Waals surface area contributed by atoms with Gasteiger partial charge < -0.3 is 14.6 Å². The Morgan fingerprint density at radius 3 is 2.91 bits per heavy atom. The number of amides is 1. The first-order valence-electron chi connectivity index (χ1n) is 10.8. The van der Waals surface area contributed by atoms with E-state index in [0.717, 1.165) is 31.2 Å². The molecule has 0 radical (unpaired) electrons. The van der Waals surface area contributed by atoms with Crippen molar-refractivity contribution in [2.24, 2.45) is 7.05 Å². The van der Waals surface area contributed by atoms with Crippen molar-refractivity contribution in [3.8, 4) is 11.8 Å². The predicted molar refractivity (Wildman–Crippen MR) is 131 cm³/mol. The zero-order chi connectivity index (χ0) is 23.4. The maximum atomic E-state index is 12.6. The number of aromatic nitrogens is 3. The number of thioether (sulfide) groups is 1. The molecule has 1 unspecified atom stereocenters. The van der Waals surface area contributed by atoms with Crippen molar-refractivity contribution < 1.29 is 9.53 Å². The van der Waals surface area contributed by atoms with Gasteiger partial charge in [-0.25, -0.2) is 0 Å². The van der Waals surface area contributed by atoms with Crippen LogP contribution in [0.3, 0.4) is 0 Å². The number of ether oxygens (including phenoxy) is 1. The molecule has 1 aromatic carbocycles. The summed E-state index contributed by atoms with van der Waals surface area (Å²) in [5.41, 5.74) is 1.75. The van der Waals surface area contributed by atoms with E-state index in [2.05, 4.69) is 21.6 Å². The fourth-order valence-electron chi connectivity index (χ4n) is 3.83. The Hall–Kier alpha value is -2.54. The van der Waals surface area contributed by atoms with Gasteiger partial charge in [-0.15, -0.1) is 21.5 Å². The summed E-state index contributed by atoms with van der Waals surface area (Å²) in [6.45, 7) is 1.87. The van der Waals surface area contributed by atoms with Crippen molar-refractivity contribution in [2.75, 3.05) is 11.1 Å². The van der Waals surface area contributed by atoms with Crippen molar-refractivity contribution in [3.63, 3.8) is 0 Å². The second-order valence-electron chi connectivity index (χ2n) is 7.81. The average Bonchev–Trinajstić information content (AvgIpc) is 3.23. The number of carbonyl (C=O) groups is 1. The zero-order valence-electron chi connectivity index (χ0n) is 18.4. The lowest BCUT2D eigenvalue weighted by Gasteiger charge is -2.15. The molecule has 172 valence electrons. The standard InChI is InChI=1S/C23H24ClN5O2S2/c1-14(31-18-10-7-6-9-17(18)24)21-27-28-23(29(21)2)32-13-20(30)26-22-16(12-25)15-8-4-3-5-11-19(15)33-22/h6-7,9-10,14H,3-5,8,11,13H2,1-2H3,(H,26,30). The quantitative estimate of drug-likeness (QED) is 0.337. The van der Waals surface area contributed by atoms with Gasteiger partial charge in [0.2, 0.25) is 5.91 Å².